The molecule has 0 spiro atoms. The molecule has 2 aromatic carbocycles. The molecule has 0 aliphatic heterocycles. The van der Waals surface area contributed by atoms with Gasteiger partial charge < -0.3 is 25.2 Å². The molecule has 0 saturated heterocycles. The largest absolute Gasteiger partial charge is 0.507 e. The van der Waals surface area contributed by atoms with Crippen molar-refractivity contribution >= 4 is 12.0 Å². The van der Waals surface area contributed by atoms with Crippen LogP contribution in [-0.2, 0) is 11.3 Å². The number of rotatable bonds is 11. The first-order chi connectivity index (χ1) is 15.4. The lowest BCUT2D eigenvalue weighted by molar-refractivity contribution is 0.0971. The fraction of sp³-hybridized carbons (Fsp3) is 0.417. The average molecular weight is 445 g/mol. The van der Waals surface area contributed by atoms with Gasteiger partial charge in [-0.3, -0.25) is 4.79 Å². The number of primary amides is 1. The number of amides is 2. The minimum absolute atomic E-state index is 0.0463. The van der Waals surface area contributed by atoms with E-state index < -0.39 is 11.7 Å². The van der Waals surface area contributed by atoms with Gasteiger partial charge in [-0.05, 0) is 48.6 Å². The van der Waals surface area contributed by atoms with Gasteiger partial charge >= 0.3 is 6.09 Å². The van der Waals surface area contributed by atoms with Crippen molar-refractivity contribution < 1.29 is 28.6 Å². The number of halogens is 1. The van der Waals surface area contributed by atoms with Crippen LogP contribution in [0.25, 0.3) is 0 Å². The zero-order valence-electron chi connectivity index (χ0n) is 18.2. The van der Waals surface area contributed by atoms with Crippen LogP contribution >= 0.6 is 0 Å². The van der Waals surface area contributed by atoms with Crippen LogP contribution in [-0.4, -0.2) is 35.2 Å². The Bertz CT molecular complexity index is 961. The van der Waals surface area contributed by atoms with E-state index in [1.54, 1.807) is 11.0 Å². The highest BCUT2D eigenvalue weighted by Crippen LogP contribution is 2.33. The van der Waals surface area contributed by atoms with Gasteiger partial charge in [0.1, 0.15) is 11.5 Å². The van der Waals surface area contributed by atoms with E-state index in [-0.39, 0.29) is 35.4 Å². The zero-order valence-corrected chi connectivity index (χ0v) is 18.2. The molecule has 2 amide bonds. The van der Waals surface area contributed by atoms with Crippen LogP contribution in [0, 0.1) is 11.7 Å². The van der Waals surface area contributed by atoms with Crippen molar-refractivity contribution in [1.29, 1.82) is 0 Å². The number of nitrogens with zero attached hydrogens (tertiary/aromatic N) is 1. The van der Waals surface area contributed by atoms with E-state index in [9.17, 15) is 19.1 Å². The third kappa shape index (κ3) is 6.60. The van der Waals surface area contributed by atoms with Gasteiger partial charge in [0, 0.05) is 19.2 Å². The number of phenols is 1. The Morgan fingerprint density at radius 1 is 1.22 bits per heavy atom. The summed E-state index contributed by atoms with van der Waals surface area (Å²) < 4.78 is 25.5. The summed E-state index contributed by atoms with van der Waals surface area (Å²) in [6.45, 7) is 3.21. The van der Waals surface area contributed by atoms with Crippen LogP contribution in [0.3, 0.4) is 0 Å². The van der Waals surface area contributed by atoms with Crippen LogP contribution in [0.1, 0.15) is 54.9 Å². The number of aromatic hydroxyl groups is 1. The molecule has 0 aromatic heterocycles. The average Bonchev–Trinajstić information content (AvgIpc) is 3.57. The second kappa shape index (κ2) is 10.8. The molecule has 1 aliphatic carbocycles. The molecule has 0 heterocycles. The standard InChI is InChI=1S/C24H29FN2O5/c1-2-3-12-31-24(30)27(11-10-16-4-5-16)15-17-6-9-22(20(25)13-17)32-18-7-8-19(23(26)29)21(28)14-18/h6-9,13-14,16,28H,2-5,10-12,15H2,1H3,(H2,26,29). The SMILES string of the molecule is CCCCOC(=O)N(CCC1CC1)Cc1ccc(Oc2ccc(C(N)=O)c(O)c2)c(F)c1. The topological polar surface area (TPSA) is 102 Å². The van der Waals surface area contributed by atoms with E-state index in [2.05, 4.69) is 0 Å². The summed E-state index contributed by atoms with van der Waals surface area (Å²) in [5, 5.41) is 9.85. The highest BCUT2D eigenvalue weighted by atomic mass is 19.1. The Hall–Kier alpha value is -3.29. The molecule has 0 bridgehead atoms. The Kier molecular flexibility index (Phi) is 7.92. The number of ether oxygens (including phenoxy) is 2. The van der Waals surface area contributed by atoms with Gasteiger partial charge in [-0.1, -0.05) is 32.3 Å². The van der Waals surface area contributed by atoms with E-state index in [1.807, 2.05) is 6.92 Å². The number of carbonyl (C=O) groups is 2. The molecule has 7 nitrogen and oxygen atoms in total. The number of unbranched alkanes of at least 4 members (excludes halogenated alkanes) is 1. The van der Waals surface area contributed by atoms with Gasteiger partial charge in [-0.2, -0.15) is 0 Å². The van der Waals surface area contributed by atoms with Gasteiger partial charge in [0.25, 0.3) is 5.91 Å². The number of carbonyl (C=O) groups excluding carboxylic acids is 2. The molecule has 8 heteroatoms. The van der Waals surface area contributed by atoms with Gasteiger partial charge in [-0.25, -0.2) is 9.18 Å². The molecule has 0 atom stereocenters. The van der Waals surface area contributed by atoms with Crippen molar-refractivity contribution in [3.05, 3.63) is 53.3 Å². The molecule has 0 radical (unpaired) electrons. The first-order valence-corrected chi connectivity index (χ1v) is 10.9. The maximum atomic E-state index is 14.7. The molecular weight excluding hydrogens is 415 g/mol. The van der Waals surface area contributed by atoms with Gasteiger partial charge in [0.15, 0.2) is 11.6 Å². The summed E-state index contributed by atoms with van der Waals surface area (Å²) in [5.41, 5.74) is 5.72. The molecule has 3 rings (SSSR count). The van der Waals surface area contributed by atoms with Crippen LogP contribution in [0.15, 0.2) is 36.4 Å². The van der Waals surface area contributed by atoms with Crippen molar-refractivity contribution in [2.75, 3.05) is 13.2 Å². The summed E-state index contributed by atoms with van der Waals surface area (Å²) in [4.78, 5) is 25.3. The lowest BCUT2D eigenvalue weighted by Crippen LogP contribution is -2.32. The zero-order chi connectivity index (χ0) is 23.1. The van der Waals surface area contributed by atoms with Crippen LogP contribution in [0.2, 0.25) is 0 Å². The lowest BCUT2D eigenvalue weighted by atomic mass is 10.1. The third-order valence-electron chi connectivity index (χ3n) is 5.32. The van der Waals surface area contributed by atoms with E-state index in [0.717, 1.165) is 19.3 Å². The monoisotopic (exact) mass is 444 g/mol. The second-order valence-corrected chi connectivity index (χ2v) is 8.03. The number of benzene rings is 2. The molecule has 1 saturated carbocycles. The van der Waals surface area contributed by atoms with Crippen molar-refractivity contribution in [1.82, 2.24) is 4.90 Å². The summed E-state index contributed by atoms with van der Waals surface area (Å²) in [7, 11) is 0. The Morgan fingerprint density at radius 3 is 2.62 bits per heavy atom. The maximum Gasteiger partial charge on any atom is 0.410 e. The third-order valence-corrected chi connectivity index (χ3v) is 5.32. The van der Waals surface area contributed by atoms with Crippen LogP contribution in [0.5, 0.6) is 17.2 Å². The van der Waals surface area contributed by atoms with E-state index in [4.69, 9.17) is 15.2 Å². The predicted molar refractivity (Wildman–Crippen MR) is 117 cm³/mol. The fourth-order valence-corrected chi connectivity index (χ4v) is 3.23. The van der Waals surface area contributed by atoms with Crippen molar-refractivity contribution in [2.24, 2.45) is 11.7 Å². The van der Waals surface area contributed by atoms with Crippen LogP contribution < -0.4 is 10.5 Å². The van der Waals surface area contributed by atoms with Gasteiger partial charge in [0.05, 0.1) is 12.2 Å². The maximum absolute atomic E-state index is 14.7. The summed E-state index contributed by atoms with van der Waals surface area (Å²) in [6.07, 6.45) is 4.65. The smallest absolute Gasteiger partial charge is 0.410 e. The van der Waals surface area contributed by atoms with Crippen molar-refractivity contribution in [3.63, 3.8) is 0 Å². The Morgan fingerprint density at radius 2 is 2.00 bits per heavy atom. The van der Waals surface area contributed by atoms with E-state index >= 15 is 0 Å². The molecule has 0 unspecified atom stereocenters. The van der Waals surface area contributed by atoms with Gasteiger partial charge in [0.2, 0.25) is 0 Å². The summed E-state index contributed by atoms with van der Waals surface area (Å²) in [5.74, 6) is -0.961. The van der Waals surface area contributed by atoms with Crippen molar-refractivity contribution in [3.8, 4) is 17.2 Å². The number of hydrogen-bond donors (Lipinski definition) is 2. The number of nitrogens with two attached hydrogens (primary N) is 1. The second-order valence-electron chi connectivity index (χ2n) is 8.03. The molecule has 172 valence electrons. The highest BCUT2D eigenvalue weighted by molar-refractivity contribution is 5.95. The first kappa shape index (κ1) is 23.4. The Balaban J connectivity index is 1.66. The van der Waals surface area contributed by atoms with Crippen LogP contribution in [0.4, 0.5) is 9.18 Å². The molecule has 2 aromatic rings. The minimum Gasteiger partial charge on any atom is -0.507 e. The Labute approximate surface area is 186 Å². The fourth-order valence-electron chi connectivity index (χ4n) is 3.23. The normalized spacial score (nSPS) is 12.9. The summed E-state index contributed by atoms with van der Waals surface area (Å²) >= 11 is 0. The first-order valence-electron chi connectivity index (χ1n) is 10.9. The lowest BCUT2D eigenvalue weighted by Gasteiger charge is -2.22. The number of hydrogen-bond acceptors (Lipinski definition) is 5. The summed E-state index contributed by atoms with van der Waals surface area (Å²) in [6, 6.07) is 8.38. The predicted octanol–water partition coefficient (Wildman–Crippen LogP) is 4.96. The van der Waals surface area contributed by atoms with Gasteiger partial charge in [-0.15, -0.1) is 0 Å². The van der Waals surface area contributed by atoms with E-state index in [1.165, 1.54) is 43.2 Å². The minimum atomic E-state index is -0.774. The molecular formula is C24H29FN2O5. The highest BCUT2D eigenvalue weighted by Gasteiger charge is 2.24. The molecule has 3 N–H and O–H groups in total. The van der Waals surface area contributed by atoms with E-state index in [0.29, 0.717) is 24.6 Å². The quantitative estimate of drug-likeness (QED) is 0.477. The molecule has 1 aliphatic rings. The van der Waals surface area contributed by atoms with Crippen molar-refractivity contribution in [2.45, 2.75) is 45.6 Å². The molecule has 32 heavy (non-hydrogen) atoms. The molecule has 1 fully saturated rings.